The molecule has 0 bridgehead atoms. The Morgan fingerprint density at radius 3 is 2.61 bits per heavy atom. The lowest BCUT2D eigenvalue weighted by Crippen LogP contribution is -2.51. The van der Waals surface area contributed by atoms with E-state index >= 15 is 0 Å². The van der Waals surface area contributed by atoms with Gasteiger partial charge in [0.05, 0.1) is 28.9 Å². The van der Waals surface area contributed by atoms with E-state index in [2.05, 4.69) is 15.6 Å². The number of anilines is 3. The number of nitrogens with two attached hydrogens (primary N) is 1. The Morgan fingerprint density at radius 1 is 1.26 bits per heavy atom. The highest BCUT2D eigenvalue weighted by molar-refractivity contribution is 6.04. The molecular formula is C20H20F3N5O3. The lowest BCUT2D eigenvalue weighted by molar-refractivity contribution is -0.137. The molecule has 0 spiro atoms. The molecule has 3 rings (SSSR count). The van der Waals surface area contributed by atoms with Crippen molar-refractivity contribution in [2.24, 2.45) is 4.99 Å². The van der Waals surface area contributed by atoms with E-state index in [-0.39, 0.29) is 29.7 Å². The molecule has 2 amide bonds. The molecular weight excluding hydrogens is 415 g/mol. The number of carbonyl (C=O) groups excluding carboxylic acids is 1. The Labute approximate surface area is 175 Å². The van der Waals surface area contributed by atoms with Crippen molar-refractivity contribution in [3.8, 4) is 0 Å². The molecule has 0 unspecified atom stereocenters. The first-order valence-electron chi connectivity index (χ1n) is 9.10. The minimum atomic E-state index is -4.52. The minimum absolute atomic E-state index is 0.0244. The molecule has 1 heterocycles. The predicted molar refractivity (Wildman–Crippen MR) is 109 cm³/mol. The van der Waals surface area contributed by atoms with Crippen molar-refractivity contribution in [1.29, 1.82) is 0 Å². The zero-order valence-corrected chi connectivity index (χ0v) is 16.6. The van der Waals surface area contributed by atoms with Gasteiger partial charge in [0.15, 0.2) is 0 Å². The Bertz CT molecular complexity index is 1070. The number of hydrogen-bond acceptors (Lipinski definition) is 5. The third-order valence-corrected chi connectivity index (χ3v) is 4.90. The van der Waals surface area contributed by atoms with Gasteiger partial charge in [-0.2, -0.15) is 13.2 Å². The molecule has 2 aromatic rings. The van der Waals surface area contributed by atoms with Crippen molar-refractivity contribution >= 4 is 35.0 Å². The SMILES string of the molecule is CN1C(=O)C[C@@](C)(c2cccc(Nc3cc(C(F)(F)F)ccc3N)c2)N=C1NC(=O)O. The first-order valence-corrected chi connectivity index (χ1v) is 9.10. The predicted octanol–water partition coefficient (Wildman–Crippen LogP) is 3.73. The smallest absolute Gasteiger partial charge is 0.416 e. The highest BCUT2D eigenvalue weighted by atomic mass is 19.4. The molecule has 0 radical (unpaired) electrons. The normalized spacial score (nSPS) is 19.1. The van der Waals surface area contributed by atoms with Gasteiger partial charge in [-0.1, -0.05) is 12.1 Å². The summed E-state index contributed by atoms with van der Waals surface area (Å²) in [6.45, 7) is 1.67. The maximum absolute atomic E-state index is 13.0. The summed E-state index contributed by atoms with van der Waals surface area (Å²) in [7, 11) is 1.41. The van der Waals surface area contributed by atoms with Gasteiger partial charge in [0.25, 0.3) is 0 Å². The number of alkyl halides is 3. The maximum atomic E-state index is 13.0. The van der Waals surface area contributed by atoms with Crippen molar-refractivity contribution in [1.82, 2.24) is 10.2 Å². The molecule has 31 heavy (non-hydrogen) atoms. The monoisotopic (exact) mass is 435 g/mol. The second kappa shape index (κ2) is 7.82. The van der Waals surface area contributed by atoms with E-state index < -0.39 is 23.4 Å². The number of nitrogen functional groups attached to an aromatic ring is 1. The van der Waals surface area contributed by atoms with Crippen LogP contribution < -0.4 is 16.4 Å². The van der Waals surface area contributed by atoms with Crippen LogP contribution in [-0.4, -0.2) is 35.0 Å². The van der Waals surface area contributed by atoms with Gasteiger partial charge < -0.3 is 16.2 Å². The fourth-order valence-corrected chi connectivity index (χ4v) is 3.18. The van der Waals surface area contributed by atoms with Gasteiger partial charge in [0.1, 0.15) is 0 Å². The molecule has 0 fully saturated rings. The van der Waals surface area contributed by atoms with E-state index in [1.165, 1.54) is 13.1 Å². The number of carbonyl (C=O) groups is 2. The van der Waals surface area contributed by atoms with Crippen LogP contribution in [0.1, 0.15) is 24.5 Å². The Hall–Kier alpha value is -3.76. The van der Waals surface area contributed by atoms with Crippen LogP contribution in [0.2, 0.25) is 0 Å². The zero-order chi connectivity index (χ0) is 23.0. The average Bonchev–Trinajstić information content (AvgIpc) is 2.66. The van der Waals surface area contributed by atoms with Crippen LogP contribution in [0.3, 0.4) is 0 Å². The number of hydrogen-bond donors (Lipinski definition) is 4. The second-order valence-corrected chi connectivity index (χ2v) is 7.27. The fourth-order valence-electron chi connectivity index (χ4n) is 3.18. The highest BCUT2D eigenvalue weighted by Gasteiger charge is 2.37. The second-order valence-electron chi connectivity index (χ2n) is 7.27. The van der Waals surface area contributed by atoms with Crippen molar-refractivity contribution in [3.05, 3.63) is 53.6 Å². The first kappa shape index (κ1) is 21.9. The molecule has 0 aliphatic carbocycles. The summed E-state index contributed by atoms with van der Waals surface area (Å²) in [5, 5.41) is 14.0. The molecule has 5 N–H and O–H groups in total. The summed E-state index contributed by atoms with van der Waals surface area (Å²) in [5.41, 5.74) is 5.09. The summed E-state index contributed by atoms with van der Waals surface area (Å²) in [6, 6.07) is 9.57. The van der Waals surface area contributed by atoms with Crippen molar-refractivity contribution in [2.45, 2.75) is 25.1 Å². The van der Waals surface area contributed by atoms with Crippen molar-refractivity contribution in [3.63, 3.8) is 0 Å². The summed E-state index contributed by atoms with van der Waals surface area (Å²) < 4.78 is 39.1. The third kappa shape index (κ3) is 4.71. The molecule has 164 valence electrons. The topological polar surface area (TPSA) is 120 Å². The van der Waals surface area contributed by atoms with Crippen LogP contribution >= 0.6 is 0 Å². The standard InChI is InChI=1S/C20H20F3N5O3/c1-19(10-16(29)28(2)17(27-19)26-18(30)31)11-4-3-5-13(8-11)25-15-9-12(20(21,22)23)6-7-14(15)24/h3-9,25H,10,24H2,1-2H3,(H,26,27)(H,30,31)/t19-/m0/s1. The molecule has 1 atom stereocenters. The van der Waals surface area contributed by atoms with Gasteiger partial charge in [0.2, 0.25) is 11.9 Å². The summed E-state index contributed by atoms with van der Waals surface area (Å²) in [5.74, 6) is -0.464. The van der Waals surface area contributed by atoms with E-state index in [1.54, 1.807) is 31.2 Å². The van der Waals surface area contributed by atoms with Crippen LogP contribution in [0.4, 0.5) is 35.0 Å². The van der Waals surface area contributed by atoms with E-state index in [9.17, 15) is 22.8 Å². The van der Waals surface area contributed by atoms with Crippen LogP contribution in [-0.2, 0) is 16.5 Å². The Kier molecular flexibility index (Phi) is 5.53. The first-order chi connectivity index (χ1) is 14.4. The van der Waals surface area contributed by atoms with Crippen molar-refractivity contribution < 1.29 is 27.9 Å². The quantitative estimate of drug-likeness (QED) is 0.548. The van der Waals surface area contributed by atoms with Crippen LogP contribution in [0.15, 0.2) is 47.5 Å². The maximum Gasteiger partial charge on any atom is 0.416 e. The van der Waals surface area contributed by atoms with Gasteiger partial charge in [-0.25, -0.2) is 9.79 Å². The van der Waals surface area contributed by atoms with Crippen LogP contribution in [0, 0.1) is 0 Å². The molecule has 1 aliphatic rings. The lowest BCUT2D eigenvalue weighted by Gasteiger charge is -2.34. The third-order valence-electron chi connectivity index (χ3n) is 4.90. The average molecular weight is 435 g/mol. The van der Waals surface area contributed by atoms with E-state index in [1.807, 2.05) is 0 Å². The Morgan fingerprint density at radius 2 is 1.97 bits per heavy atom. The van der Waals surface area contributed by atoms with Crippen LogP contribution in [0.5, 0.6) is 0 Å². The lowest BCUT2D eigenvalue weighted by atomic mass is 9.87. The molecule has 11 heteroatoms. The number of aliphatic imine (C=N–C) groups is 1. The summed E-state index contributed by atoms with van der Waals surface area (Å²) in [4.78, 5) is 28.9. The number of nitrogens with one attached hydrogen (secondary N) is 2. The molecule has 8 nitrogen and oxygen atoms in total. The number of rotatable bonds is 3. The highest BCUT2D eigenvalue weighted by Crippen LogP contribution is 2.37. The number of carboxylic acid groups (broad SMARTS) is 1. The zero-order valence-electron chi connectivity index (χ0n) is 16.6. The number of halogens is 3. The fraction of sp³-hybridized carbons (Fsp3) is 0.250. The molecule has 0 saturated carbocycles. The van der Waals surface area contributed by atoms with Gasteiger partial charge in [-0.3, -0.25) is 15.0 Å². The summed E-state index contributed by atoms with van der Waals surface area (Å²) in [6.07, 6.45) is -5.90. The van der Waals surface area contributed by atoms with E-state index in [0.29, 0.717) is 11.3 Å². The van der Waals surface area contributed by atoms with E-state index in [0.717, 1.165) is 17.0 Å². The van der Waals surface area contributed by atoms with Gasteiger partial charge in [-0.15, -0.1) is 0 Å². The molecule has 0 aromatic heterocycles. The van der Waals surface area contributed by atoms with Gasteiger partial charge in [0, 0.05) is 12.7 Å². The molecule has 2 aromatic carbocycles. The van der Waals surface area contributed by atoms with Crippen molar-refractivity contribution in [2.75, 3.05) is 18.1 Å². The molecule has 1 aliphatic heterocycles. The number of nitrogens with zero attached hydrogens (tertiary/aromatic N) is 2. The molecule has 0 saturated heterocycles. The van der Waals surface area contributed by atoms with Gasteiger partial charge >= 0.3 is 12.3 Å². The van der Waals surface area contributed by atoms with Crippen LogP contribution in [0.25, 0.3) is 0 Å². The van der Waals surface area contributed by atoms with E-state index in [4.69, 9.17) is 10.8 Å². The minimum Gasteiger partial charge on any atom is -0.465 e. The number of benzene rings is 2. The van der Waals surface area contributed by atoms with Gasteiger partial charge in [-0.05, 0) is 42.8 Å². The number of amides is 2. The number of guanidine groups is 1. The largest absolute Gasteiger partial charge is 0.465 e. The Balaban J connectivity index is 1.96. The summed E-state index contributed by atoms with van der Waals surface area (Å²) >= 11 is 0.